The molecule has 0 saturated heterocycles. The highest BCUT2D eigenvalue weighted by Crippen LogP contribution is 2.32. The summed E-state index contributed by atoms with van der Waals surface area (Å²) in [5.41, 5.74) is 5.79. The Morgan fingerprint density at radius 2 is 1.62 bits per heavy atom. The predicted octanol–water partition coefficient (Wildman–Crippen LogP) is 2.66. The van der Waals surface area contributed by atoms with Gasteiger partial charge in [-0.1, -0.05) is 0 Å². The summed E-state index contributed by atoms with van der Waals surface area (Å²) in [6, 6.07) is 6.00. The number of halogens is 2. The summed E-state index contributed by atoms with van der Waals surface area (Å²) in [4.78, 5) is 25.1. The first-order valence-corrected chi connectivity index (χ1v) is 6.14. The molecule has 1 aliphatic rings. The average molecular weight is 288 g/mol. The van der Waals surface area contributed by atoms with Crippen molar-refractivity contribution in [3.05, 3.63) is 58.7 Å². The highest BCUT2D eigenvalue weighted by molar-refractivity contribution is 6.34. The third-order valence-corrected chi connectivity index (χ3v) is 3.38. The molecule has 2 amide bonds. The molecule has 0 saturated carbocycles. The number of amides is 2. The third kappa shape index (κ3) is 1.87. The van der Waals surface area contributed by atoms with Gasteiger partial charge in [-0.3, -0.25) is 9.59 Å². The minimum Gasteiger partial charge on any atom is -0.399 e. The number of carbonyl (C=O) groups excluding carboxylic acids is 2. The van der Waals surface area contributed by atoms with Crippen LogP contribution in [0.3, 0.4) is 0 Å². The molecule has 1 heterocycles. The Bertz CT molecular complexity index is 803. The fourth-order valence-corrected chi connectivity index (χ4v) is 2.28. The van der Waals surface area contributed by atoms with Crippen LogP contribution in [0, 0.1) is 18.6 Å². The van der Waals surface area contributed by atoms with Crippen LogP contribution in [0.15, 0.2) is 30.3 Å². The van der Waals surface area contributed by atoms with Crippen molar-refractivity contribution in [1.82, 2.24) is 0 Å². The van der Waals surface area contributed by atoms with Gasteiger partial charge in [0.25, 0.3) is 11.8 Å². The topological polar surface area (TPSA) is 63.4 Å². The van der Waals surface area contributed by atoms with Crippen LogP contribution in [0.2, 0.25) is 0 Å². The van der Waals surface area contributed by atoms with E-state index < -0.39 is 29.1 Å². The van der Waals surface area contributed by atoms with Gasteiger partial charge in [-0.2, -0.15) is 0 Å². The Morgan fingerprint density at radius 1 is 0.952 bits per heavy atom. The fraction of sp³-hybridized carbons (Fsp3) is 0.0667. The zero-order valence-electron chi connectivity index (χ0n) is 11.0. The van der Waals surface area contributed by atoms with E-state index in [2.05, 4.69) is 0 Å². The van der Waals surface area contributed by atoms with E-state index in [1.54, 1.807) is 0 Å². The second-order valence-corrected chi connectivity index (χ2v) is 4.80. The van der Waals surface area contributed by atoms with E-state index in [4.69, 9.17) is 5.73 Å². The van der Waals surface area contributed by atoms with E-state index in [0.717, 1.165) is 12.1 Å². The molecule has 0 atom stereocenters. The smallest absolute Gasteiger partial charge is 0.266 e. The quantitative estimate of drug-likeness (QED) is 0.648. The summed E-state index contributed by atoms with van der Waals surface area (Å²) in [6.07, 6.45) is 0. The first kappa shape index (κ1) is 13.2. The number of hydrogen-bond donors (Lipinski definition) is 1. The Balaban J connectivity index is 2.16. The lowest BCUT2D eigenvalue weighted by Crippen LogP contribution is -2.30. The number of nitrogens with two attached hydrogens (primary N) is 1. The number of rotatable bonds is 1. The van der Waals surface area contributed by atoms with E-state index in [-0.39, 0.29) is 16.7 Å². The van der Waals surface area contributed by atoms with Gasteiger partial charge in [-0.15, -0.1) is 0 Å². The zero-order chi connectivity index (χ0) is 15.3. The zero-order valence-corrected chi connectivity index (χ0v) is 11.0. The molecule has 0 radical (unpaired) electrons. The number of imide groups is 1. The molecule has 1 aliphatic heterocycles. The number of aryl methyl sites for hydroxylation is 1. The molecule has 3 rings (SSSR count). The molecule has 0 aromatic heterocycles. The number of carbonyl (C=O) groups is 2. The highest BCUT2D eigenvalue weighted by atomic mass is 19.1. The van der Waals surface area contributed by atoms with Crippen molar-refractivity contribution in [2.45, 2.75) is 6.92 Å². The van der Waals surface area contributed by atoms with Crippen LogP contribution in [-0.4, -0.2) is 11.8 Å². The third-order valence-electron chi connectivity index (χ3n) is 3.38. The van der Waals surface area contributed by atoms with Crippen LogP contribution in [0.4, 0.5) is 20.2 Å². The molecule has 4 nitrogen and oxygen atoms in total. The number of anilines is 2. The van der Waals surface area contributed by atoms with Crippen molar-refractivity contribution in [2.75, 3.05) is 10.6 Å². The average Bonchev–Trinajstić information content (AvgIpc) is 2.66. The molecule has 6 heteroatoms. The van der Waals surface area contributed by atoms with Gasteiger partial charge in [0.15, 0.2) is 0 Å². The SMILES string of the molecule is Cc1cc(F)c(N2C(=O)c3ccc(N)cc3C2=O)cc1F. The molecule has 2 N–H and O–H groups in total. The number of nitrogen functional groups attached to an aromatic ring is 1. The Hall–Kier alpha value is -2.76. The van der Waals surface area contributed by atoms with E-state index in [0.29, 0.717) is 10.6 Å². The van der Waals surface area contributed by atoms with Crippen molar-refractivity contribution < 1.29 is 18.4 Å². The van der Waals surface area contributed by atoms with Crippen LogP contribution < -0.4 is 10.6 Å². The number of fused-ring (bicyclic) bond motifs is 1. The lowest BCUT2D eigenvalue weighted by molar-refractivity contribution is 0.0925. The predicted molar refractivity (Wildman–Crippen MR) is 73.1 cm³/mol. The Labute approximate surface area is 118 Å². The van der Waals surface area contributed by atoms with Crippen molar-refractivity contribution in [2.24, 2.45) is 0 Å². The molecular weight excluding hydrogens is 278 g/mol. The minimum atomic E-state index is -0.837. The number of nitrogens with zero attached hydrogens (tertiary/aromatic N) is 1. The maximum absolute atomic E-state index is 14.0. The van der Waals surface area contributed by atoms with E-state index >= 15 is 0 Å². The highest BCUT2D eigenvalue weighted by Gasteiger charge is 2.38. The normalized spacial score (nSPS) is 13.8. The van der Waals surface area contributed by atoms with E-state index in [1.807, 2.05) is 0 Å². The van der Waals surface area contributed by atoms with Gasteiger partial charge in [0.2, 0.25) is 0 Å². The maximum atomic E-state index is 14.0. The van der Waals surface area contributed by atoms with Crippen molar-refractivity contribution in [3.8, 4) is 0 Å². The minimum absolute atomic E-state index is 0.0837. The number of hydrogen-bond acceptors (Lipinski definition) is 3. The fourth-order valence-electron chi connectivity index (χ4n) is 2.28. The molecule has 0 aliphatic carbocycles. The van der Waals surface area contributed by atoms with Gasteiger partial charge >= 0.3 is 0 Å². The summed E-state index contributed by atoms with van der Waals surface area (Å²) < 4.78 is 27.6. The Morgan fingerprint density at radius 3 is 2.33 bits per heavy atom. The summed E-state index contributed by atoms with van der Waals surface area (Å²) in [6.45, 7) is 1.39. The van der Waals surface area contributed by atoms with E-state index in [1.165, 1.54) is 25.1 Å². The lowest BCUT2D eigenvalue weighted by Gasteiger charge is -2.15. The molecule has 2 aromatic rings. The first-order chi connectivity index (χ1) is 9.90. The van der Waals surface area contributed by atoms with Crippen LogP contribution in [0.25, 0.3) is 0 Å². The monoisotopic (exact) mass is 288 g/mol. The standard InChI is InChI=1S/C15H10F2N2O2/c1-7-4-12(17)13(6-11(7)16)19-14(20)9-3-2-8(18)5-10(9)15(19)21/h2-6H,18H2,1H3. The summed E-state index contributed by atoms with van der Waals surface area (Å²) in [5, 5.41) is 0. The van der Waals surface area contributed by atoms with Crippen LogP contribution in [0.5, 0.6) is 0 Å². The molecule has 2 aromatic carbocycles. The lowest BCUT2D eigenvalue weighted by atomic mass is 10.1. The van der Waals surface area contributed by atoms with Crippen molar-refractivity contribution in [3.63, 3.8) is 0 Å². The molecule has 0 spiro atoms. The second kappa shape index (κ2) is 4.37. The summed E-state index contributed by atoms with van der Waals surface area (Å²) in [7, 11) is 0. The molecule has 0 fully saturated rings. The van der Waals surface area contributed by atoms with Crippen LogP contribution in [0.1, 0.15) is 26.3 Å². The Kier molecular flexibility index (Phi) is 2.76. The molecule has 0 bridgehead atoms. The molecule has 0 unspecified atom stereocenters. The van der Waals surface area contributed by atoms with Gasteiger partial charge in [0.1, 0.15) is 11.6 Å². The van der Waals surface area contributed by atoms with Crippen molar-refractivity contribution in [1.29, 1.82) is 0 Å². The number of benzene rings is 2. The molecule has 21 heavy (non-hydrogen) atoms. The van der Waals surface area contributed by atoms with Crippen LogP contribution in [-0.2, 0) is 0 Å². The van der Waals surface area contributed by atoms with Crippen molar-refractivity contribution >= 4 is 23.2 Å². The largest absolute Gasteiger partial charge is 0.399 e. The first-order valence-electron chi connectivity index (χ1n) is 6.14. The van der Waals surface area contributed by atoms with Gasteiger partial charge < -0.3 is 5.73 Å². The summed E-state index contributed by atoms with van der Waals surface area (Å²) >= 11 is 0. The van der Waals surface area contributed by atoms with E-state index in [9.17, 15) is 18.4 Å². The molecule has 106 valence electrons. The second-order valence-electron chi connectivity index (χ2n) is 4.80. The van der Waals surface area contributed by atoms with Gasteiger partial charge in [-0.25, -0.2) is 13.7 Å². The van der Waals surface area contributed by atoms with Gasteiger partial charge in [0, 0.05) is 11.8 Å². The van der Waals surface area contributed by atoms with Gasteiger partial charge in [0.05, 0.1) is 16.8 Å². The van der Waals surface area contributed by atoms with Gasteiger partial charge in [-0.05, 0) is 36.8 Å². The summed E-state index contributed by atoms with van der Waals surface area (Å²) in [5.74, 6) is -2.94. The van der Waals surface area contributed by atoms with Crippen LogP contribution >= 0.6 is 0 Å². The maximum Gasteiger partial charge on any atom is 0.266 e. The molecular formula is C15H10F2N2O2.